The molecule has 0 unspecified atom stereocenters. The van der Waals surface area contributed by atoms with Crippen LogP contribution in [-0.4, -0.2) is 28.2 Å². The van der Waals surface area contributed by atoms with Crippen LogP contribution in [0.4, 0.5) is 0 Å². The molecule has 0 saturated carbocycles. The molecule has 0 atom stereocenters. The Hall–Kier alpha value is -1.10. The van der Waals surface area contributed by atoms with Gasteiger partial charge in [-0.05, 0) is 5.57 Å². The van der Waals surface area contributed by atoms with E-state index in [1.807, 2.05) is 0 Å². The Balaban J connectivity index is 3.19. The number of alkyl halides is 1. The van der Waals surface area contributed by atoms with E-state index in [9.17, 15) is 4.79 Å². The third-order valence-corrected chi connectivity index (χ3v) is 2.52. The summed E-state index contributed by atoms with van der Waals surface area (Å²) in [4.78, 5) is 11.3. The lowest BCUT2D eigenvalue weighted by Gasteiger charge is -2.05. The average Bonchev–Trinajstić information content (AvgIpc) is 2.58. The number of aryl methyl sites for hydroxylation is 1. The van der Waals surface area contributed by atoms with Crippen molar-refractivity contribution in [2.75, 3.05) is 12.4 Å². The number of ether oxygens (including phenoxy) is 1. The van der Waals surface area contributed by atoms with E-state index in [0.717, 1.165) is 5.57 Å². The van der Waals surface area contributed by atoms with Crippen LogP contribution in [-0.2, 0) is 11.8 Å². The smallest absolute Gasteiger partial charge is 0.341 e. The molecule has 0 aliphatic heterocycles. The molecule has 1 aromatic rings. The minimum atomic E-state index is -0.393. The van der Waals surface area contributed by atoms with Gasteiger partial charge in [0, 0.05) is 12.4 Å². The summed E-state index contributed by atoms with van der Waals surface area (Å²) >= 11 is 3.28. The molecule has 0 bridgehead atoms. The van der Waals surface area contributed by atoms with Crippen molar-refractivity contribution < 1.29 is 9.53 Å². The van der Waals surface area contributed by atoms with Gasteiger partial charge in [0.25, 0.3) is 0 Å². The Labute approximate surface area is 90.7 Å². The predicted molar refractivity (Wildman–Crippen MR) is 57.4 cm³/mol. The van der Waals surface area contributed by atoms with Gasteiger partial charge in [-0.1, -0.05) is 22.5 Å². The molecule has 0 N–H and O–H groups in total. The summed E-state index contributed by atoms with van der Waals surface area (Å²) in [5, 5.41) is 4.58. The lowest BCUT2D eigenvalue weighted by Crippen LogP contribution is -2.06. The van der Waals surface area contributed by atoms with Crippen LogP contribution in [0, 0.1) is 0 Å². The monoisotopic (exact) mass is 258 g/mol. The maximum absolute atomic E-state index is 11.3. The minimum Gasteiger partial charge on any atom is -0.465 e. The van der Waals surface area contributed by atoms with Gasteiger partial charge in [0.05, 0.1) is 19.0 Å². The Morgan fingerprint density at radius 2 is 2.43 bits per heavy atom. The number of halogens is 1. The third kappa shape index (κ3) is 1.87. The number of nitrogens with zero attached hydrogens (tertiary/aromatic N) is 2. The first kappa shape index (κ1) is 11.0. The summed E-state index contributed by atoms with van der Waals surface area (Å²) in [6.07, 6.45) is 1.48. The molecule has 76 valence electrons. The maximum Gasteiger partial charge on any atom is 0.341 e. The molecule has 4 nitrogen and oxygen atoms in total. The standard InChI is InChI=1S/C9H11BrN2O2/c1-6(4-10)8-7(9(13)14-3)5-11-12(8)2/h5H,1,4H2,2-3H3. The number of rotatable bonds is 3. The van der Waals surface area contributed by atoms with Gasteiger partial charge in [-0.2, -0.15) is 5.10 Å². The molecule has 0 aromatic carbocycles. The van der Waals surface area contributed by atoms with Crippen molar-refractivity contribution in [1.29, 1.82) is 0 Å². The first-order valence-corrected chi connectivity index (χ1v) is 5.08. The Morgan fingerprint density at radius 3 is 2.93 bits per heavy atom. The zero-order valence-electron chi connectivity index (χ0n) is 8.08. The number of carbonyl (C=O) groups is 1. The quantitative estimate of drug-likeness (QED) is 0.612. The zero-order chi connectivity index (χ0) is 10.7. The molecule has 0 aliphatic rings. The summed E-state index contributed by atoms with van der Waals surface area (Å²) in [6, 6.07) is 0. The molecule has 5 heteroatoms. The van der Waals surface area contributed by atoms with E-state index in [1.165, 1.54) is 13.3 Å². The van der Waals surface area contributed by atoms with Crippen molar-refractivity contribution in [1.82, 2.24) is 9.78 Å². The Bertz CT molecular complexity index is 371. The largest absolute Gasteiger partial charge is 0.465 e. The molecule has 0 saturated heterocycles. The van der Waals surface area contributed by atoms with Gasteiger partial charge in [0.2, 0.25) is 0 Å². The van der Waals surface area contributed by atoms with Crippen LogP contribution in [0.2, 0.25) is 0 Å². The fourth-order valence-corrected chi connectivity index (χ4v) is 1.45. The van der Waals surface area contributed by atoms with Crippen LogP contribution < -0.4 is 0 Å². The molecule has 1 aromatic heterocycles. The molecule has 0 aliphatic carbocycles. The Kier molecular flexibility index (Phi) is 3.46. The van der Waals surface area contributed by atoms with Gasteiger partial charge in [0.1, 0.15) is 5.56 Å². The highest BCUT2D eigenvalue weighted by Crippen LogP contribution is 2.19. The highest BCUT2D eigenvalue weighted by Gasteiger charge is 2.17. The molecule has 0 radical (unpaired) electrons. The van der Waals surface area contributed by atoms with E-state index >= 15 is 0 Å². The molecule has 1 heterocycles. The maximum atomic E-state index is 11.3. The van der Waals surface area contributed by atoms with Crippen molar-refractivity contribution in [3.63, 3.8) is 0 Å². The second kappa shape index (κ2) is 4.41. The second-order valence-electron chi connectivity index (χ2n) is 2.76. The third-order valence-electron chi connectivity index (χ3n) is 1.84. The van der Waals surface area contributed by atoms with Gasteiger partial charge >= 0.3 is 5.97 Å². The number of methoxy groups -OCH3 is 1. The molecule has 1 rings (SSSR count). The number of carbonyl (C=O) groups excluding carboxylic acids is 1. The molecule has 0 amide bonds. The van der Waals surface area contributed by atoms with E-state index in [2.05, 4.69) is 32.3 Å². The van der Waals surface area contributed by atoms with E-state index < -0.39 is 5.97 Å². The van der Waals surface area contributed by atoms with Crippen LogP contribution >= 0.6 is 15.9 Å². The minimum absolute atomic E-state index is 0.393. The summed E-state index contributed by atoms with van der Waals surface area (Å²) in [5.74, 6) is -0.393. The number of aromatic nitrogens is 2. The molecule has 0 spiro atoms. The van der Waals surface area contributed by atoms with Gasteiger partial charge in [0.15, 0.2) is 0 Å². The van der Waals surface area contributed by atoms with Crippen LogP contribution in [0.15, 0.2) is 12.8 Å². The topological polar surface area (TPSA) is 44.1 Å². The summed E-state index contributed by atoms with van der Waals surface area (Å²) < 4.78 is 6.24. The van der Waals surface area contributed by atoms with Gasteiger partial charge in [-0.25, -0.2) is 4.79 Å². The Morgan fingerprint density at radius 1 is 1.79 bits per heavy atom. The lowest BCUT2D eigenvalue weighted by molar-refractivity contribution is 0.0600. The van der Waals surface area contributed by atoms with Gasteiger partial charge in [-0.3, -0.25) is 4.68 Å². The van der Waals surface area contributed by atoms with Crippen LogP contribution in [0.5, 0.6) is 0 Å². The molecular weight excluding hydrogens is 248 g/mol. The van der Waals surface area contributed by atoms with Crippen molar-refractivity contribution in [3.8, 4) is 0 Å². The van der Waals surface area contributed by atoms with Crippen LogP contribution in [0.3, 0.4) is 0 Å². The van der Waals surface area contributed by atoms with Crippen molar-refractivity contribution >= 4 is 27.5 Å². The molecular formula is C9H11BrN2O2. The van der Waals surface area contributed by atoms with Crippen molar-refractivity contribution in [2.24, 2.45) is 7.05 Å². The first-order valence-electron chi connectivity index (χ1n) is 3.96. The van der Waals surface area contributed by atoms with E-state index in [0.29, 0.717) is 16.6 Å². The van der Waals surface area contributed by atoms with Crippen molar-refractivity contribution in [2.45, 2.75) is 0 Å². The lowest BCUT2D eigenvalue weighted by atomic mass is 10.1. The molecule has 14 heavy (non-hydrogen) atoms. The predicted octanol–water partition coefficient (Wildman–Crippen LogP) is 1.61. The van der Waals surface area contributed by atoms with E-state index in [-0.39, 0.29) is 0 Å². The fourth-order valence-electron chi connectivity index (χ4n) is 1.18. The average molecular weight is 259 g/mol. The normalized spacial score (nSPS) is 9.93. The van der Waals surface area contributed by atoms with Crippen molar-refractivity contribution in [3.05, 3.63) is 24.0 Å². The second-order valence-corrected chi connectivity index (χ2v) is 3.32. The van der Waals surface area contributed by atoms with Gasteiger partial charge in [-0.15, -0.1) is 0 Å². The summed E-state index contributed by atoms with van der Waals surface area (Å²) in [7, 11) is 3.10. The SMILES string of the molecule is C=C(CBr)c1c(C(=O)OC)cnn1C. The highest BCUT2D eigenvalue weighted by molar-refractivity contribution is 9.09. The summed E-state index contributed by atoms with van der Waals surface area (Å²) in [6.45, 7) is 3.84. The van der Waals surface area contributed by atoms with Crippen LogP contribution in [0.25, 0.3) is 5.57 Å². The zero-order valence-corrected chi connectivity index (χ0v) is 9.67. The molecule has 0 fully saturated rings. The van der Waals surface area contributed by atoms with Gasteiger partial charge < -0.3 is 4.74 Å². The fraction of sp³-hybridized carbons (Fsp3) is 0.333. The highest BCUT2D eigenvalue weighted by atomic mass is 79.9. The summed E-state index contributed by atoms with van der Waals surface area (Å²) in [5.41, 5.74) is 1.94. The number of allylic oxidation sites excluding steroid dienone is 1. The number of esters is 1. The van der Waals surface area contributed by atoms with E-state index in [1.54, 1.807) is 11.7 Å². The number of hydrogen-bond acceptors (Lipinski definition) is 3. The first-order chi connectivity index (χ1) is 6.61. The number of hydrogen-bond donors (Lipinski definition) is 0. The van der Waals surface area contributed by atoms with E-state index in [4.69, 9.17) is 0 Å². The van der Waals surface area contributed by atoms with Crippen LogP contribution in [0.1, 0.15) is 16.1 Å².